The molecule has 100 valence electrons. The van der Waals surface area contributed by atoms with Gasteiger partial charge in [0.2, 0.25) is 0 Å². The smallest absolute Gasteiger partial charge is 0.152 e. The van der Waals surface area contributed by atoms with E-state index in [1.54, 1.807) is 6.07 Å². The van der Waals surface area contributed by atoms with Crippen molar-refractivity contribution in [3.63, 3.8) is 0 Å². The molecule has 6 heteroatoms. The highest BCUT2D eigenvalue weighted by Gasteiger charge is 2.15. The molecule has 1 aromatic heterocycles. The standard InChI is InChI=1S/C13H14FIN4/c14-9-4-5-11(10(15)7-9)16-8-13-18-17-12-3-1-2-6-19(12)13/h4-5,7,16H,1-3,6,8H2. The lowest BCUT2D eigenvalue weighted by molar-refractivity contribution is 0.510. The number of hydrogen-bond donors (Lipinski definition) is 1. The average molecular weight is 372 g/mol. The van der Waals surface area contributed by atoms with Crippen molar-refractivity contribution in [1.82, 2.24) is 14.8 Å². The summed E-state index contributed by atoms with van der Waals surface area (Å²) in [5.74, 6) is 1.82. The molecule has 2 heterocycles. The van der Waals surface area contributed by atoms with Gasteiger partial charge in [0.1, 0.15) is 11.6 Å². The minimum Gasteiger partial charge on any atom is -0.377 e. The molecule has 0 radical (unpaired) electrons. The Morgan fingerprint density at radius 3 is 3.05 bits per heavy atom. The Balaban J connectivity index is 1.74. The number of hydrogen-bond acceptors (Lipinski definition) is 3. The number of fused-ring (bicyclic) bond motifs is 1. The Hall–Kier alpha value is -1.18. The maximum atomic E-state index is 13.0. The molecule has 0 amide bonds. The molecule has 0 bridgehead atoms. The number of benzene rings is 1. The highest BCUT2D eigenvalue weighted by molar-refractivity contribution is 14.1. The first-order valence-corrected chi connectivity index (χ1v) is 7.42. The highest BCUT2D eigenvalue weighted by atomic mass is 127. The zero-order chi connectivity index (χ0) is 13.2. The maximum Gasteiger partial charge on any atom is 0.152 e. The van der Waals surface area contributed by atoms with Crippen LogP contribution in [0.1, 0.15) is 24.5 Å². The normalized spacial score (nSPS) is 14.2. The molecule has 0 aliphatic carbocycles. The molecule has 1 aliphatic rings. The van der Waals surface area contributed by atoms with Gasteiger partial charge < -0.3 is 9.88 Å². The van der Waals surface area contributed by atoms with Crippen LogP contribution in [0.15, 0.2) is 18.2 Å². The Labute approximate surface area is 124 Å². The van der Waals surface area contributed by atoms with Crippen LogP contribution in [-0.2, 0) is 19.5 Å². The van der Waals surface area contributed by atoms with Crippen molar-refractivity contribution >= 4 is 28.3 Å². The summed E-state index contributed by atoms with van der Waals surface area (Å²) in [5.41, 5.74) is 0.926. The molecule has 0 saturated heterocycles. The fraction of sp³-hybridized carbons (Fsp3) is 0.385. The van der Waals surface area contributed by atoms with Crippen molar-refractivity contribution in [2.24, 2.45) is 0 Å². The van der Waals surface area contributed by atoms with Crippen LogP contribution in [0.3, 0.4) is 0 Å². The van der Waals surface area contributed by atoms with Gasteiger partial charge in [0.05, 0.1) is 6.54 Å². The molecule has 0 atom stereocenters. The quantitative estimate of drug-likeness (QED) is 0.843. The number of halogens is 2. The van der Waals surface area contributed by atoms with Crippen molar-refractivity contribution in [2.45, 2.75) is 32.4 Å². The molecule has 0 spiro atoms. The maximum absolute atomic E-state index is 13.0. The van der Waals surface area contributed by atoms with Crippen molar-refractivity contribution in [2.75, 3.05) is 5.32 Å². The first-order valence-electron chi connectivity index (χ1n) is 6.34. The summed E-state index contributed by atoms with van der Waals surface area (Å²) in [6.07, 6.45) is 3.40. The number of aryl methyl sites for hydroxylation is 1. The minimum absolute atomic E-state index is 0.213. The summed E-state index contributed by atoms with van der Waals surface area (Å²) in [4.78, 5) is 0. The Morgan fingerprint density at radius 1 is 1.32 bits per heavy atom. The van der Waals surface area contributed by atoms with Crippen LogP contribution in [0.2, 0.25) is 0 Å². The van der Waals surface area contributed by atoms with E-state index < -0.39 is 0 Å². The Morgan fingerprint density at radius 2 is 2.21 bits per heavy atom. The van der Waals surface area contributed by atoms with Crippen LogP contribution in [0.25, 0.3) is 0 Å². The van der Waals surface area contributed by atoms with E-state index in [9.17, 15) is 4.39 Å². The first kappa shape index (κ1) is 12.8. The molecule has 1 aromatic carbocycles. The summed E-state index contributed by atoms with van der Waals surface area (Å²) in [7, 11) is 0. The largest absolute Gasteiger partial charge is 0.377 e. The third-order valence-corrected chi connectivity index (χ3v) is 4.20. The third-order valence-electron chi connectivity index (χ3n) is 3.30. The second kappa shape index (κ2) is 5.44. The fourth-order valence-electron chi connectivity index (χ4n) is 2.31. The van der Waals surface area contributed by atoms with Gasteiger partial charge in [0.15, 0.2) is 5.82 Å². The second-order valence-corrected chi connectivity index (χ2v) is 5.78. The summed E-state index contributed by atoms with van der Waals surface area (Å²) in [6.45, 7) is 1.62. The van der Waals surface area contributed by atoms with Gasteiger partial charge in [-0.15, -0.1) is 10.2 Å². The van der Waals surface area contributed by atoms with Gasteiger partial charge in [-0.25, -0.2) is 4.39 Å². The summed E-state index contributed by atoms with van der Waals surface area (Å²) in [6, 6.07) is 4.73. The summed E-state index contributed by atoms with van der Waals surface area (Å²) >= 11 is 2.13. The monoisotopic (exact) mass is 372 g/mol. The molecular formula is C13H14FIN4. The lowest BCUT2D eigenvalue weighted by atomic mass is 10.2. The highest BCUT2D eigenvalue weighted by Crippen LogP contribution is 2.20. The van der Waals surface area contributed by atoms with Gasteiger partial charge in [-0.3, -0.25) is 0 Å². The number of rotatable bonds is 3. The minimum atomic E-state index is -0.213. The number of aromatic nitrogens is 3. The Kier molecular flexibility index (Phi) is 3.67. The summed E-state index contributed by atoms with van der Waals surface area (Å²) < 4.78 is 16.1. The van der Waals surface area contributed by atoms with Gasteiger partial charge in [0, 0.05) is 22.2 Å². The average Bonchev–Trinajstić information content (AvgIpc) is 2.81. The van der Waals surface area contributed by atoms with E-state index >= 15 is 0 Å². The van der Waals surface area contributed by atoms with Gasteiger partial charge in [-0.2, -0.15) is 0 Å². The number of anilines is 1. The molecule has 1 aliphatic heterocycles. The van der Waals surface area contributed by atoms with Gasteiger partial charge in [0.25, 0.3) is 0 Å². The van der Waals surface area contributed by atoms with Crippen molar-refractivity contribution < 1.29 is 4.39 Å². The molecule has 19 heavy (non-hydrogen) atoms. The Bertz CT molecular complexity index is 596. The van der Waals surface area contributed by atoms with E-state index in [4.69, 9.17) is 0 Å². The molecule has 2 aromatic rings. The van der Waals surface area contributed by atoms with E-state index in [2.05, 4.69) is 42.7 Å². The summed E-state index contributed by atoms with van der Waals surface area (Å²) in [5, 5.41) is 11.7. The molecule has 0 unspecified atom stereocenters. The molecule has 1 N–H and O–H groups in total. The number of nitrogens with zero attached hydrogens (tertiary/aromatic N) is 3. The molecule has 3 rings (SSSR count). The van der Waals surface area contributed by atoms with Crippen LogP contribution in [0, 0.1) is 9.39 Å². The van der Waals surface area contributed by atoms with Crippen LogP contribution in [-0.4, -0.2) is 14.8 Å². The van der Waals surface area contributed by atoms with Crippen molar-refractivity contribution in [3.8, 4) is 0 Å². The number of nitrogens with one attached hydrogen (secondary N) is 1. The van der Waals surface area contributed by atoms with Crippen LogP contribution in [0.4, 0.5) is 10.1 Å². The predicted molar refractivity (Wildman–Crippen MR) is 79.4 cm³/mol. The van der Waals surface area contributed by atoms with E-state index in [0.717, 1.165) is 33.9 Å². The van der Waals surface area contributed by atoms with Crippen molar-refractivity contribution in [1.29, 1.82) is 0 Å². The SMILES string of the molecule is Fc1ccc(NCc2nnc3n2CCCC3)c(I)c1. The molecular weight excluding hydrogens is 358 g/mol. The van der Waals surface area contributed by atoms with Crippen LogP contribution < -0.4 is 5.32 Å². The zero-order valence-electron chi connectivity index (χ0n) is 10.4. The van der Waals surface area contributed by atoms with E-state index in [-0.39, 0.29) is 5.82 Å². The fourth-order valence-corrected chi connectivity index (χ4v) is 2.97. The van der Waals surface area contributed by atoms with Gasteiger partial charge in [-0.05, 0) is 53.6 Å². The molecule has 4 nitrogen and oxygen atoms in total. The zero-order valence-corrected chi connectivity index (χ0v) is 12.5. The van der Waals surface area contributed by atoms with Crippen LogP contribution >= 0.6 is 22.6 Å². The van der Waals surface area contributed by atoms with Gasteiger partial charge in [-0.1, -0.05) is 0 Å². The third kappa shape index (κ3) is 2.72. The molecule has 0 saturated carbocycles. The van der Waals surface area contributed by atoms with Crippen molar-refractivity contribution in [3.05, 3.63) is 39.2 Å². The first-order chi connectivity index (χ1) is 9.24. The lowest BCUT2D eigenvalue weighted by Gasteiger charge is -2.15. The van der Waals surface area contributed by atoms with E-state index in [1.807, 2.05) is 0 Å². The van der Waals surface area contributed by atoms with Crippen LogP contribution in [0.5, 0.6) is 0 Å². The second-order valence-electron chi connectivity index (χ2n) is 4.62. The van der Waals surface area contributed by atoms with Gasteiger partial charge >= 0.3 is 0 Å². The van der Waals surface area contributed by atoms with E-state index in [0.29, 0.717) is 6.54 Å². The molecule has 0 fully saturated rings. The van der Waals surface area contributed by atoms with E-state index in [1.165, 1.54) is 25.0 Å². The topological polar surface area (TPSA) is 42.7 Å². The predicted octanol–water partition coefficient (Wildman–Crippen LogP) is 2.97. The lowest BCUT2D eigenvalue weighted by Crippen LogP contribution is -2.15.